The Hall–Kier alpha value is -1.59. The summed E-state index contributed by atoms with van der Waals surface area (Å²) in [6.45, 7) is 8.74. The van der Waals surface area contributed by atoms with Gasteiger partial charge in [-0.3, -0.25) is 0 Å². The minimum absolute atomic E-state index is 0.670. The van der Waals surface area contributed by atoms with Crippen LogP contribution in [0.3, 0.4) is 0 Å². The van der Waals surface area contributed by atoms with Crippen LogP contribution in [0, 0.1) is 11.8 Å². The Morgan fingerprint density at radius 2 is 1.40 bits per heavy atom. The van der Waals surface area contributed by atoms with Gasteiger partial charge in [0.25, 0.3) is 0 Å². The molecule has 0 amide bonds. The third-order valence-corrected chi connectivity index (χ3v) is 4.25. The maximum atomic E-state index is 4.70. The van der Waals surface area contributed by atoms with E-state index in [1.54, 1.807) is 0 Å². The van der Waals surface area contributed by atoms with E-state index < -0.39 is 0 Å². The number of hydrogen-bond donors (Lipinski definition) is 1. The summed E-state index contributed by atoms with van der Waals surface area (Å²) in [5.74, 6) is 3.76. The minimum atomic E-state index is 0.670. The van der Waals surface area contributed by atoms with Crippen molar-refractivity contribution >= 4 is 17.8 Å². The Morgan fingerprint density at radius 3 is 1.75 bits per heavy atom. The van der Waals surface area contributed by atoms with Crippen molar-refractivity contribution < 1.29 is 0 Å². The molecule has 3 heterocycles. The average Bonchev–Trinajstić information content (AvgIpc) is 3.07. The second-order valence-electron chi connectivity index (χ2n) is 6.19. The second kappa shape index (κ2) is 5.42. The highest BCUT2D eigenvalue weighted by Crippen LogP contribution is 2.25. The molecule has 1 N–H and O–H groups in total. The molecule has 0 aliphatic carbocycles. The first-order chi connectivity index (χ1) is 9.65. The van der Waals surface area contributed by atoms with E-state index >= 15 is 0 Å². The van der Waals surface area contributed by atoms with Gasteiger partial charge in [-0.15, -0.1) is 0 Å². The lowest BCUT2D eigenvalue weighted by Gasteiger charge is -2.21. The van der Waals surface area contributed by atoms with E-state index in [4.69, 9.17) is 4.98 Å². The predicted molar refractivity (Wildman–Crippen MR) is 81.4 cm³/mol. The monoisotopic (exact) mass is 276 g/mol. The van der Waals surface area contributed by atoms with Gasteiger partial charge in [0.15, 0.2) is 0 Å². The van der Waals surface area contributed by atoms with Crippen LogP contribution in [0.5, 0.6) is 0 Å². The number of rotatable bonds is 3. The number of hydrogen-bond acceptors (Lipinski definition) is 6. The fourth-order valence-electron chi connectivity index (χ4n) is 2.98. The van der Waals surface area contributed by atoms with Gasteiger partial charge < -0.3 is 15.1 Å². The molecule has 0 saturated carbocycles. The summed E-state index contributed by atoms with van der Waals surface area (Å²) in [6, 6.07) is 0. The third kappa shape index (κ3) is 2.64. The van der Waals surface area contributed by atoms with Crippen LogP contribution >= 0.6 is 0 Å². The molecule has 2 saturated heterocycles. The highest BCUT2D eigenvalue weighted by atomic mass is 15.4. The van der Waals surface area contributed by atoms with E-state index in [1.807, 2.05) is 7.05 Å². The summed E-state index contributed by atoms with van der Waals surface area (Å²) in [4.78, 5) is 18.3. The topological polar surface area (TPSA) is 57.2 Å². The Morgan fingerprint density at radius 1 is 0.900 bits per heavy atom. The molecule has 0 radical (unpaired) electrons. The predicted octanol–water partition coefficient (Wildman–Crippen LogP) is 1.61. The van der Waals surface area contributed by atoms with E-state index in [0.29, 0.717) is 5.95 Å². The summed E-state index contributed by atoms with van der Waals surface area (Å²) >= 11 is 0. The molecule has 2 atom stereocenters. The van der Waals surface area contributed by atoms with Crippen molar-refractivity contribution in [2.24, 2.45) is 11.8 Å². The van der Waals surface area contributed by atoms with Crippen LogP contribution < -0.4 is 15.1 Å². The Balaban J connectivity index is 1.86. The van der Waals surface area contributed by atoms with Gasteiger partial charge in [-0.1, -0.05) is 13.8 Å². The van der Waals surface area contributed by atoms with Gasteiger partial charge in [0, 0.05) is 33.2 Å². The lowest BCUT2D eigenvalue weighted by atomic mass is 10.2. The summed E-state index contributed by atoms with van der Waals surface area (Å²) < 4.78 is 0. The summed E-state index contributed by atoms with van der Waals surface area (Å²) in [6.07, 6.45) is 2.44. The minimum Gasteiger partial charge on any atom is -0.357 e. The van der Waals surface area contributed by atoms with Crippen LogP contribution in [-0.2, 0) is 0 Å². The second-order valence-corrected chi connectivity index (χ2v) is 6.19. The summed E-state index contributed by atoms with van der Waals surface area (Å²) in [5.41, 5.74) is 0. The molecular weight excluding hydrogens is 252 g/mol. The Bertz CT molecular complexity index is 438. The van der Waals surface area contributed by atoms with E-state index in [2.05, 4.69) is 38.9 Å². The largest absolute Gasteiger partial charge is 0.357 e. The molecule has 0 bridgehead atoms. The van der Waals surface area contributed by atoms with Gasteiger partial charge in [-0.2, -0.15) is 15.0 Å². The van der Waals surface area contributed by atoms with Gasteiger partial charge in [0.2, 0.25) is 17.8 Å². The molecule has 2 aliphatic heterocycles. The molecule has 6 nitrogen and oxygen atoms in total. The molecule has 6 heteroatoms. The lowest BCUT2D eigenvalue weighted by molar-refractivity contribution is 0.656. The molecule has 110 valence electrons. The van der Waals surface area contributed by atoms with Crippen molar-refractivity contribution in [1.82, 2.24) is 15.0 Å². The van der Waals surface area contributed by atoms with Crippen molar-refractivity contribution in [2.45, 2.75) is 26.7 Å². The fraction of sp³-hybridized carbons (Fsp3) is 0.786. The van der Waals surface area contributed by atoms with Gasteiger partial charge in [-0.05, 0) is 24.7 Å². The zero-order chi connectivity index (χ0) is 14.1. The van der Waals surface area contributed by atoms with Crippen LogP contribution in [0.1, 0.15) is 26.7 Å². The molecule has 1 aromatic rings. The van der Waals surface area contributed by atoms with Crippen LogP contribution in [0.2, 0.25) is 0 Å². The van der Waals surface area contributed by atoms with E-state index in [-0.39, 0.29) is 0 Å². The maximum Gasteiger partial charge on any atom is 0.231 e. The SMILES string of the molecule is CNc1nc(N2CCC(C)C2)nc(N2CCC(C)C2)n1. The van der Waals surface area contributed by atoms with Gasteiger partial charge in [-0.25, -0.2) is 0 Å². The van der Waals surface area contributed by atoms with Crippen molar-refractivity contribution in [1.29, 1.82) is 0 Å². The first kappa shape index (κ1) is 13.4. The number of nitrogens with zero attached hydrogens (tertiary/aromatic N) is 5. The third-order valence-electron chi connectivity index (χ3n) is 4.25. The van der Waals surface area contributed by atoms with Gasteiger partial charge >= 0.3 is 0 Å². The molecule has 20 heavy (non-hydrogen) atoms. The van der Waals surface area contributed by atoms with Crippen LogP contribution in [0.25, 0.3) is 0 Å². The van der Waals surface area contributed by atoms with E-state index in [0.717, 1.165) is 49.9 Å². The first-order valence-corrected chi connectivity index (χ1v) is 7.59. The maximum absolute atomic E-state index is 4.70. The van der Waals surface area contributed by atoms with E-state index in [1.165, 1.54) is 12.8 Å². The summed E-state index contributed by atoms with van der Waals surface area (Å²) in [7, 11) is 1.86. The summed E-state index contributed by atoms with van der Waals surface area (Å²) in [5, 5.41) is 3.06. The van der Waals surface area contributed by atoms with Gasteiger partial charge in [0.1, 0.15) is 0 Å². The molecule has 3 rings (SSSR count). The number of anilines is 3. The molecule has 2 unspecified atom stereocenters. The lowest BCUT2D eigenvalue weighted by Crippen LogP contribution is -2.26. The highest BCUT2D eigenvalue weighted by molar-refractivity contribution is 5.46. The highest BCUT2D eigenvalue weighted by Gasteiger charge is 2.25. The van der Waals surface area contributed by atoms with Crippen LogP contribution in [-0.4, -0.2) is 48.2 Å². The van der Waals surface area contributed by atoms with Gasteiger partial charge in [0.05, 0.1) is 0 Å². The molecule has 2 fully saturated rings. The standard InChI is InChI=1S/C14H24N6/c1-10-4-6-19(8-10)13-16-12(15-3)17-14(18-13)20-7-5-11(2)9-20/h10-11H,4-9H2,1-3H3,(H,15,16,17,18). The normalized spacial score (nSPS) is 26.4. The van der Waals surface area contributed by atoms with Crippen molar-refractivity contribution in [3.05, 3.63) is 0 Å². The molecule has 0 aromatic carbocycles. The zero-order valence-electron chi connectivity index (χ0n) is 12.6. The van der Waals surface area contributed by atoms with Crippen molar-refractivity contribution in [2.75, 3.05) is 48.3 Å². The number of aromatic nitrogens is 3. The molecular formula is C14H24N6. The quantitative estimate of drug-likeness (QED) is 0.905. The smallest absolute Gasteiger partial charge is 0.231 e. The fourth-order valence-corrected chi connectivity index (χ4v) is 2.98. The Labute approximate surface area is 120 Å². The first-order valence-electron chi connectivity index (χ1n) is 7.59. The van der Waals surface area contributed by atoms with Crippen molar-refractivity contribution in [3.8, 4) is 0 Å². The van der Waals surface area contributed by atoms with Crippen molar-refractivity contribution in [3.63, 3.8) is 0 Å². The number of nitrogens with one attached hydrogen (secondary N) is 1. The molecule has 2 aliphatic rings. The Kier molecular flexibility index (Phi) is 3.63. The van der Waals surface area contributed by atoms with E-state index in [9.17, 15) is 0 Å². The van der Waals surface area contributed by atoms with Crippen LogP contribution in [0.15, 0.2) is 0 Å². The average molecular weight is 276 g/mol. The van der Waals surface area contributed by atoms with Crippen LogP contribution in [0.4, 0.5) is 17.8 Å². The molecule has 0 spiro atoms. The molecule has 1 aromatic heterocycles. The zero-order valence-corrected chi connectivity index (χ0v) is 12.6.